The second-order valence-electron chi connectivity index (χ2n) is 32.9. The van der Waals surface area contributed by atoms with Gasteiger partial charge in [0.15, 0.2) is 0 Å². The van der Waals surface area contributed by atoms with Crippen LogP contribution in [-0.4, -0.2) is 0 Å². The zero-order valence-electron chi connectivity index (χ0n) is 64.9. The Bertz CT molecular complexity index is 5650. The number of nitrogens with zero attached hydrogens (tertiary/aromatic N) is 2. The zero-order valence-corrected chi connectivity index (χ0v) is 64.9. The minimum absolute atomic E-state index is 1.11. The second-order valence-corrected chi connectivity index (χ2v) is 32.9. The van der Waals surface area contributed by atoms with Crippen molar-refractivity contribution in [2.45, 2.75) is 142 Å². The van der Waals surface area contributed by atoms with Gasteiger partial charge in [-0.25, -0.2) is 0 Å². The van der Waals surface area contributed by atoms with Crippen LogP contribution in [0.15, 0.2) is 289 Å². The first kappa shape index (κ1) is 69.4. The lowest BCUT2D eigenvalue weighted by Gasteiger charge is -2.33. The van der Waals surface area contributed by atoms with Gasteiger partial charge in [0.25, 0.3) is 0 Å². The van der Waals surface area contributed by atoms with Gasteiger partial charge in [-0.2, -0.15) is 0 Å². The third-order valence-electron chi connectivity index (χ3n) is 25.4. The van der Waals surface area contributed by atoms with E-state index in [0.29, 0.717) is 0 Å². The van der Waals surface area contributed by atoms with Crippen LogP contribution in [0.25, 0.3) is 123 Å². The van der Waals surface area contributed by atoms with Crippen molar-refractivity contribution in [2.75, 3.05) is 9.80 Å². The van der Waals surface area contributed by atoms with Crippen LogP contribution in [0.3, 0.4) is 0 Å². The summed E-state index contributed by atoms with van der Waals surface area (Å²) in [7, 11) is 0. The summed E-state index contributed by atoms with van der Waals surface area (Å²) in [6.45, 7) is 4.40. The Labute approximate surface area is 660 Å². The Morgan fingerprint density at radius 1 is 0.214 bits per heavy atom. The average molecular weight is 1450 g/mol. The monoisotopic (exact) mass is 1440 g/mol. The number of aryl methyl sites for hydroxylation is 2. The molecular formula is C110H96N2. The van der Waals surface area contributed by atoms with E-state index in [4.69, 9.17) is 0 Å². The highest BCUT2D eigenvalue weighted by Gasteiger charge is 2.31. The molecule has 4 fully saturated rings. The molecule has 2 nitrogen and oxygen atoms in total. The van der Waals surface area contributed by atoms with Gasteiger partial charge in [0, 0.05) is 76.6 Å². The molecule has 0 N–H and O–H groups in total. The summed E-state index contributed by atoms with van der Waals surface area (Å²) in [5.41, 5.74) is 30.5. The quantitative estimate of drug-likeness (QED) is 0.0540. The third kappa shape index (κ3) is 13.3. The average Bonchev–Trinajstić information content (AvgIpc) is 0.666. The number of benzene rings is 16. The molecule has 0 atom stereocenters. The maximum absolute atomic E-state index is 2.56. The van der Waals surface area contributed by atoms with Gasteiger partial charge in [-0.05, 0) is 266 Å². The highest BCUT2D eigenvalue weighted by molar-refractivity contribution is 6.51. The molecule has 0 bridgehead atoms. The second kappa shape index (κ2) is 30.1. The Kier molecular flexibility index (Phi) is 18.6. The van der Waals surface area contributed by atoms with E-state index in [1.807, 2.05) is 0 Å². The first-order valence-electron chi connectivity index (χ1n) is 41.9. The Balaban J connectivity index is 0.724. The molecule has 16 aromatic carbocycles. The number of hydrogen-bond acceptors (Lipinski definition) is 2. The van der Waals surface area contributed by atoms with E-state index in [0.717, 1.165) is 33.9 Å². The van der Waals surface area contributed by atoms with E-state index >= 15 is 0 Å². The molecule has 0 spiro atoms. The van der Waals surface area contributed by atoms with Crippen LogP contribution in [0.1, 0.15) is 195 Å². The van der Waals surface area contributed by atoms with Crippen molar-refractivity contribution in [3.05, 3.63) is 356 Å². The molecule has 0 heterocycles. The number of allylic oxidation sites excluding steroid dienone is 4. The van der Waals surface area contributed by atoms with E-state index in [1.54, 1.807) is 22.3 Å². The topological polar surface area (TPSA) is 6.48 Å². The predicted octanol–water partition coefficient (Wildman–Crippen LogP) is 32.2. The number of fused-ring (bicyclic) bond motifs is 2. The van der Waals surface area contributed by atoms with Crippen molar-refractivity contribution in [3.8, 4) is 0 Å². The van der Waals surface area contributed by atoms with Crippen molar-refractivity contribution in [3.63, 3.8) is 0 Å². The first-order chi connectivity index (χ1) is 55.3. The summed E-state index contributed by atoms with van der Waals surface area (Å²) in [4.78, 5) is 5.12. The summed E-state index contributed by atoms with van der Waals surface area (Å²) in [6.07, 6.45) is 40.2. The van der Waals surface area contributed by atoms with Crippen LogP contribution in [0.5, 0.6) is 0 Å². The molecular weight excluding hydrogens is 1350 g/mol. The van der Waals surface area contributed by atoms with Crippen LogP contribution in [-0.2, 0) is 0 Å². The van der Waals surface area contributed by atoms with E-state index in [9.17, 15) is 0 Å². The predicted molar refractivity (Wildman–Crippen MR) is 485 cm³/mol. The molecule has 112 heavy (non-hydrogen) atoms. The molecule has 0 saturated heterocycles. The molecule has 546 valence electrons. The number of rotatable bonds is 16. The SMILES string of the molecule is Cc1ccc(N(c2ccc(C=C(c3ccc(C=C4CCCCC4)cc3)c3ccc(C=C4CCCCC4)cc3)cc2)c2c3cccc4c5cccc6c(N(c7ccc(C)cc7)c7ccc(C=C(c8ccc(C=C9CCCCC9)cc8)c8ccc(C=C9CCCCC9)cc8)cc7)c7cccc8c9cccc2c9c(c34)c(c65)c78)cc1. The van der Waals surface area contributed by atoms with E-state index in [2.05, 4.69) is 327 Å². The van der Waals surface area contributed by atoms with Crippen LogP contribution < -0.4 is 9.80 Å². The molecule has 4 aliphatic rings. The van der Waals surface area contributed by atoms with Gasteiger partial charge in [-0.1, -0.05) is 302 Å². The standard InChI is InChI=1S/C110H96N2/c1-73-35-59-89(60-36-73)111(91-63-47-83(48-64-91)71-101(85-51-39-79(40-52-85)67-75-19-7-3-8-20-75)86-53-41-80(42-54-86)68-76-21-9-4-10-22-76)109-97-31-15-27-93-95-29-17-33-99-105(95)108-106-96(94-28-16-32-98(109)104(94)107(108)103(93)97)30-18-34-100(106)110(99)112(90-61-37-74(2)38-62-90)92-65-49-84(50-66-92)72-102(87-55-43-81(44-56-87)69-77-23-11-5-12-24-77)88-57-45-82(46-58-88)70-78-25-13-6-14-26-78/h15-18,27-72H,3-14,19-26H2,1-2H3. The fourth-order valence-corrected chi connectivity index (χ4v) is 19.7. The molecule has 4 saturated carbocycles. The molecule has 0 aromatic heterocycles. The molecule has 0 amide bonds. The molecule has 0 radical (unpaired) electrons. The molecule has 4 aliphatic carbocycles. The maximum atomic E-state index is 2.56. The minimum atomic E-state index is 1.11. The van der Waals surface area contributed by atoms with E-state index in [-0.39, 0.29) is 0 Å². The van der Waals surface area contributed by atoms with Gasteiger partial charge in [0.05, 0.1) is 11.4 Å². The van der Waals surface area contributed by atoms with Crippen molar-refractivity contribution < 1.29 is 0 Å². The van der Waals surface area contributed by atoms with Gasteiger partial charge in [-0.3, -0.25) is 0 Å². The number of hydrogen-bond donors (Lipinski definition) is 0. The molecule has 16 aromatic rings. The minimum Gasteiger partial charge on any atom is -0.309 e. The molecule has 2 heteroatoms. The summed E-state index contributed by atoms with van der Waals surface area (Å²) in [5.74, 6) is 0. The lowest BCUT2D eigenvalue weighted by atomic mass is 9.79. The lowest BCUT2D eigenvalue weighted by molar-refractivity contribution is 0.602. The highest BCUT2D eigenvalue weighted by Crippen LogP contribution is 2.58. The van der Waals surface area contributed by atoms with Gasteiger partial charge < -0.3 is 9.80 Å². The van der Waals surface area contributed by atoms with Crippen LogP contribution in [0.2, 0.25) is 0 Å². The summed E-state index contributed by atoms with van der Waals surface area (Å²) in [5, 5.41) is 17.9. The summed E-state index contributed by atoms with van der Waals surface area (Å²) < 4.78 is 0. The van der Waals surface area contributed by atoms with Crippen LogP contribution in [0.4, 0.5) is 34.1 Å². The van der Waals surface area contributed by atoms with Gasteiger partial charge in [-0.15, -0.1) is 0 Å². The van der Waals surface area contributed by atoms with Crippen molar-refractivity contribution in [2.24, 2.45) is 0 Å². The van der Waals surface area contributed by atoms with Crippen LogP contribution >= 0.6 is 0 Å². The molecule has 20 rings (SSSR count). The number of anilines is 6. The van der Waals surface area contributed by atoms with Crippen molar-refractivity contribution in [1.29, 1.82) is 0 Å². The summed E-state index contributed by atoms with van der Waals surface area (Å²) >= 11 is 0. The van der Waals surface area contributed by atoms with Gasteiger partial charge >= 0.3 is 0 Å². The molecule has 0 unspecified atom stereocenters. The summed E-state index contributed by atoms with van der Waals surface area (Å²) in [6, 6.07) is 103. The van der Waals surface area contributed by atoms with Crippen LogP contribution in [0, 0.1) is 13.8 Å². The maximum Gasteiger partial charge on any atom is 0.0619 e. The Morgan fingerprint density at radius 3 is 0.670 bits per heavy atom. The van der Waals surface area contributed by atoms with Gasteiger partial charge in [0.2, 0.25) is 0 Å². The lowest BCUT2D eigenvalue weighted by Crippen LogP contribution is -2.13. The van der Waals surface area contributed by atoms with E-state index in [1.165, 1.54) is 282 Å². The fraction of sp³-hybridized carbons (Fsp3) is 0.200. The fourth-order valence-electron chi connectivity index (χ4n) is 19.7. The normalized spacial score (nSPS) is 15.0. The Hall–Kier alpha value is -11.8. The largest absolute Gasteiger partial charge is 0.309 e. The first-order valence-corrected chi connectivity index (χ1v) is 41.9. The molecule has 0 aliphatic heterocycles. The van der Waals surface area contributed by atoms with E-state index < -0.39 is 0 Å². The Morgan fingerprint density at radius 2 is 0.429 bits per heavy atom. The third-order valence-corrected chi connectivity index (χ3v) is 25.4. The van der Waals surface area contributed by atoms with Crippen molar-refractivity contribution in [1.82, 2.24) is 0 Å². The van der Waals surface area contributed by atoms with Crippen molar-refractivity contribution >= 4 is 157 Å². The highest BCUT2D eigenvalue weighted by atomic mass is 15.2. The zero-order chi connectivity index (χ0) is 74.6. The smallest absolute Gasteiger partial charge is 0.0619 e. The van der Waals surface area contributed by atoms with Gasteiger partial charge in [0.1, 0.15) is 0 Å².